The van der Waals surface area contributed by atoms with Crippen molar-refractivity contribution in [2.24, 2.45) is 11.7 Å². The minimum atomic E-state index is -3.19. The van der Waals surface area contributed by atoms with Crippen LogP contribution in [0.15, 0.2) is 24.3 Å². The van der Waals surface area contributed by atoms with Crippen LogP contribution in [0.1, 0.15) is 31.7 Å². The molecule has 19 heavy (non-hydrogen) atoms. The lowest BCUT2D eigenvalue weighted by Gasteiger charge is -2.24. The Kier molecular flexibility index (Phi) is 4.47. The van der Waals surface area contributed by atoms with Gasteiger partial charge in [0, 0.05) is 13.1 Å². The molecule has 0 aliphatic heterocycles. The highest BCUT2D eigenvalue weighted by atomic mass is 32.2. The second kappa shape index (κ2) is 5.92. The Bertz CT molecular complexity index is 507. The van der Waals surface area contributed by atoms with Crippen LogP contribution in [0, 0.1) is 5.92 Å². The summed E-state index contributed by atoms with van der Waals surface area (Å²) in [5.74, 6) is 0.652. The van der Waals surface area contributed by atoms with Gasteiger partial charge in [-0.05, 0) is 42.9 Å². The van der Waals surface area contributed by atoms with Crippen molar-refractivity contribution in [3.63, 3.8) is 0 Å². The van der Waals surface area contributed by atoms with E-state index in [1.54, 1.807) is 4.31 Å². The Labute approximate surface area is 115 Å². The van der Waals surface area contributed by atoms with Gasteiger partial charge in [0.15, 0.2) is 0 Å². The molecule has 0 aromatic heterocycles. The maximum Gasteiger partial charge on any atom is 0.235 e. The fourth-order valence-electron chi connectivity index (χ4n) is 2.10. The Morgan fingerprint density at radius 3 is 2.37 bits per heavy atom. The van der Waals surface area contributed by atoms with E-state index in [0.717, 1.165) is 30.5 Å². The number of anilines is 1. The number of benzene rings is 1. The van der Waals surface area contributed by atoms with Crippen LogP contribution in [-0.2, 0) is 16.6 Å². The first-order chi connectivity index (χ1) is 9.06. The van der Waals surface area contributed by atoms with Gasteiger partial charge in [0.2, 0.25) is 10.0 Å². The van der Waals surface area contributed by atoms with Crippen molar-refractivity contribution >= 4 is 15.7 Å². The summed E-state index contributed by atoms with van der Waals surface area (Å²) in [6, 6.07) is 7.49. The first-order valence-corrected chi connectivity index (χ1v) is 8.47. The maximum atomic E-state index is 12.4. The average Bonchev–Trinajstić information content (AvgIpc) is 3.19. The molecule has 0 unspecified atom stereocenters. The number of nitrogens with zero attached hydrogens (tertiary/aromatic N) is 1. The Balaban J connectivity index is 2.21. The van der Waals surface area contributed by atoms with Gasteiger partial charge < -0.3 is 5.73 Å². The lowest BCUT2D eigenvalue weighted by Crippen LogP contribution is -2.34. The summed E-state index contributed by atoms with van der Waals surface area (Å²) in [5.41, 5.74) is 7.33. The largest absolute Gasteiger partial charge is 0.326 e. The van der Waals surface area contributed by atoms with E-state index in [-0.39, 0.29) is 5.75 Å². The van der Waals surface area contributed by atoms with Crippen LogP contribution in [0.5, 0.6) is 0 Å². The summed E-state index contributed by atoms with van der Waals surface area (Å²) in [5, 5.41) is 0. The molecular weight excluding hydrogens is 260 g/mol. The van der Waals surface area contributed by atoms with Gasteiger partial charge in [0.05, 0.1) is 11.4 Å². The van der Waals surface area contributed by atoms with Crippen LogP contribution in [0.3, 0.4) is 0 Å². The van der Waals surface area contributed by atoms with Gasteiger partial charge in [0.1, 0.15) is 0 Å². The zero-order valence-corrected chi connectivity index (χ0v) is 12.2. The van der Waals surface area contributed by atoms with Crippen molar-refractivity contribution in [2.45, 2.75) is 32.7 Å². The number of sulfonamides is 1. The molecule has 0 radical (unpaired) electrons. The van der Waals surface area contributed by atoms with E-state index in [9.17, 15) is 8.42 Å². The first kappa shape index (κ1) is 14.3. The standard InChI is InChI=1S/C14H22N2O2S/c1-2-9-16(19(17,18)11-13-3-4-13)14-7-5-12(10-15)6-8-14/h5-8,13H,2-4,9-11,15H2,1H3. The molecule has 0 bridgehead atoms. The van der Waals surface area contributed by atoms with Crippen molar-refractivity contribution in [1.82, 2.24) is 0 Å². The smallest absolute Gasteiger partial charge is 0.235 e. The fourth-order valence-corrected chi connectivity index (χ4v) is 4.12. The van der Waals surface area contributed by atoms with Crippen LogP contribution in [0.25, 0.3) is 0 Å². The monoisotopic (exact) mass is 282 g/mol. The number of rotatable bonds is 7. The molecule has 1 aliphatic carbocycles. The highest BCUT2D eigenvalue weighted by Gasteiger charge is 2.31. The zero-order valence-electron chi connectivity index (χ0n) is 11.4. The first-order valence-electron chi connectivity index (χ1n) is 6.86. The van der Waals surface area contributed by atoms with Crippen molar-refractivity contribution in [1.29, 1.82) is 0 Å². The van der Waals surface area contributed by atoms with Crippen molar-refractivity contribution < 1.29 is 8.42 Å². The summed E-state index contributed by atoms with van der Waals surface area (Å²) in [6.07, 6.45) is 2.90. The molecule has 0 saturated heterocycles. The molecule has 1 fully saturated rings. The van der Waals surface area contributed by atoms with Crippen LogP contribution >= 0.6 is 0 Å². The zero-order chi connectivity index (χ0) is 13.9. The van der Waals surface area contributed by atoms with E-state index in [0.29, 0.717) is 19.0 Å². The van der Waals surface area contributed by atoms with Gasteiger partial charge >= 0.3 is 0 Å². The maximum absolute atomic E-state index is 12.4. The van der Waals surface area contributed by atoms with E-state index < -0.39 is 10.0 Å². The van der Waals surface area contributed by atoms with E-state index in [4.69, 9.17) is 5.73 Å². The number of nitrogens with two attached hydrogens (primary N) is 1. The van der Waals surface area contributed by atoms with Crippen LogP contribution in [-0.4, -0.2) is 20.7 Å². The molecule has 5 heteroatoms. The number of hydrogen-bond donors (Lipinski definition) is 1. The van der Waals surface area contributed by atoms with Crippen molar-refractivity contribution in [2.75, 3.05) is 16.6 Å². The van der Waals surface area contributed by atoms with E-state index >= 15 is 0 Å². The SMILES string of the molecule is CCCN(c1ccc(CN)cc1)S(=O)(=O)CC1CC1. The highest BCUT2D eigenvalue weighted by Crippen LogP contribution is 2.32. The third-order valence-corrected chi connectivity index (χ3v) is 5.32. The van der Waals surface area contributed by atoms with Crippen molar-refractivity contribution in [3.8, 4) is 0 Å². The lowest BCUT2D eigenvalue weighted by atomic mass is 10.2. The summed E-state index contributed by atoms with van der Waals surface area (Å²) < 4.78 is 26.4. The molecule has 2 N–H and O–H groups in total. The summed E-state index contributed by atoms with van der Waals surface area (Å²) in [4.78, 5) is 0. The molecular formula is C14H22N2O2S. The molecule has 0 spiro atoms. The van der Waals surface area contributed by atoms with Gasteiger partial charge in [-0.15, -0.1) is 0 Å². The Morgan fingerprint density at radius 1 is 1.26 bits per heavy atom. The van der Waals surface area contributed by atoms with Gasteiger partial charge in [0.25, 0.3) is 0 Å². The molecule has 0 heterocycles. The molecule has 106 valence electrons. The highest BCUT2D eigenvalue weighted by molar-refractivity contribution is 7.92. The predicted octanol–water partition coefficient (Wildman–Crippen LogP) is 2.10. The molecule has 2 rings (SSSR count). The molecule has 1 aliphatic rings. The molecule has 1 aromatic carbocycles. The van der Waals surface area contributed by atoms with Gasteiger partial charge in [-0.2, -0.15) is 0 Å². The summed E-state index contributed by atoms with van der Waals surface area (Å²) in [6.45, 7) is 3.01. The third-order valence-electron chi connectivity index (χ3n) is 3.37. The van der Waals surface area contributed by atoms with Crippen LogP contribution < -0.4 is 10.0 Å². The van der Waals surface area contributed by atoms with Crippen LogP contribution in [0.4, 0.5) is 5.69 Å². The fraction of sp³-hybridized carbons (Fsp3) is 0.571. The minimum Gasteiger partial charge on any atom is -0.326 e. The minimum absolute atomic E-state index is 0.283. The van der Waals surface area contributed by atoms with Gasteiger partial charge in [-0.1, -0.05) is 19.1 Å². The predicted molar refractivity (Wildman–Crippen MR) is 78.5 cm³/mol. The third kappa shape index (κ3) is 3.70. The van der Waals surface area contributed by atoms with Crippen LogP contribution in [0.2, 0.25) is 0 Å². The average molecular weight is 282 g/mol. The topological polar surface area (TPSA) is 63.4 Å². The van der Waals surface area contributed by atoms with E-state index in [1.165, 1.54) is 0 Å². The molecule has 0 atom stereocenters. The Hall–Kier alpha value is -1.07. The molecule has 1 saturated carbocycles. The number of hydrogen-bond acceptors (Lipinski definition) is 3. The van der Waals surface area contributed by atoms with Gasteiger partial charge in [-0.3, -0.25) is 4.31 Å². The normalized spacial score (nSPS) is 15.5. The van der Waals surface area contributed by atoms with E-state index in [1.807, 2.05) is 31.2 Å². The second-order valence-electron chi connectivity index (χ2n) is 5.16. The second-order valence-corrected chi connectivity index (χ2v) is 7.10. The molecule has 1 aromatic rings. The quantitative estimate of drug-likeness (QED) is 0.833. The molecule has 0 amide bonds. The van der Waals surface area contributed by atoms with Gasteiger partial charge in [-0.25, -0.2) is 8.42 Å². The van der Waals surface area contributed by atoms with Crippen molar-refractivity contribution in [3.05, 3.63) is 29.8 Å². The molecule has 4 nitrogen and oxygen atoms in total. The lowest BCUT2D eigenvalue weighted by molar-refractivity contribution is 0.586. The van der Waals surface area contributed by atoms with E-state index in [2.05, 4.69) is 0 Å². The summed E-state index contributed by atoms with van der Waals surface area (Å²) >= 11 is 0. The Morgan fingerprint density at radius 2 is 1.89 bits per heavy atom. The summed E-state index contributed by atoms with van der Waals surface area (Å²) in [7, 11) is -3.19.